The highest BCUT2D eigenvalue weighted by Gasteiger charge is 2.13. The summed E-state index contributed by atoms with van der Waals surface area (Å²) in [5.74, 6) is 1.30. The maximum Gasteiger partial charge on any atom is 0.129 e. The normalized spacial score (nSPS) is 11.2. The highest BCUT2D eigenvalue weighted by atomic mass is 127. The molecular formula is C16H14ClIN2. The largest absolute Gasteiger partial charge is 0.295 e. The molecule has 0 amide bonds. The fraction of sp³-hybridized carbons (Fsp3) is 0.188. The average Bonchev–Trinajstić information content (AvgIpc) is 2.84. The number of hydrogen-bond donors (Lipinski definition) is 0. The number of aromatic nitrogens is 2. The number of nitrogens with zero attached hydrogens (tertiary/aromatic N) is 2. The van der Waals surface area contributed by atoms with Crippen molar-refractivity contribution in [1.82, 2.24) is 9.55 Å². The maximum atomic E-state index is 6.10. The Morgan fingerprint density at radius 3 is 2.75 bits per heavy atom. The van der Waals surface area contributed by atoms with Gasteiger partial charge >= 0.3 is 0 Å². The Balaban J connectivity index is 2.34. The molecule has 2 aromatic carbocycles. The average molecular weight is 397 g/mol. The van der Waals surface area contributed by atoms with Gasteiger partial charge in [-0.15, -0.1) is 11.6 Å². The summed E-state index contributed by atoms with van der Waals surface area (Å²) in [6.45, 7) is 2.17. The van der Waals surface area contributed by atoms with Crippen LogP contribution in [-0.4, -0.2) is 9.55 Å². The number of rotatable bonds is 3. The zero-order valence-electron chi connectivity index (χ0n) is 11.1. The van der Waals surface area contributed by atoms with Gasteiger partial charge in [0.1, 0.15) is 5.82 Å². The molecule has 1 heterocycles. The lowest BCUT2D eigenvalue weighted by molar-refractivity contribution is 0.955. The molecule has 20 heavy (non-hydrogen) atoms. The van der Waals surface area contributed by atoms with Crippen LogP contribution in [0, 0.1) is 3.57 Å². The van der Waals surface area contributed by atoms with Crippen molar-refractivity contribution in [2.24, 2.45) is 0 Å². The van der Waals surface area contributed by atoms with E-state index in [1.165, 1.54) is 14.8 Å². The Morgan fingerprint density at radius 2 is 2.00 bits per heavy atom. The van der Waals surface area contributed by atoms with E-state index in [0.29, 0.717) is 5.88 Å². The van der Waals surface area contributed by atoms with Crippen molar-refractivity contribution in [2.75, 3.05) is 0 Å². The zero-order chi connectivity index (χ0) is 14.1. The molecule has 3 rings (SSSR count). The summed E-state index contributed by atoms with van der Waals surface area (Å²) in [7, 11) is 0. The van der Waals surface area contributed by atoms with Crippen LogP contribution in [0.1, 0.15) is 18.3 Å². The quantitative estimate of drug-likeness (QED) is 0.453. The number of para-hydroxylation sites is 1. The summed E-state index contributed by atoms with van der Waals surface area (Å²) in [5.41, 5.74) is 4.59. The lowest BCUT2D eigenvalue weighted by Gasteiger charge is -2.12. The molecule has 0 radical (unpaired) electrons. The minimum absolute atomic E-state index is 0.406. The van der Waals surface area contributed by atoms with Gasteiger partial charge in [-0.1, -0.05) is 25.1 Å². The van der Waals surface area contributed by atoms with Crippen LogP contribution in [0.5, 0.6) is 0 Å². The third-order valence-electron chi connectivity index (χ3n) is 3.42. The van der Waals surface area contributed by atoms with E-state index in [4.69, 9.17) is 11.6 Å². The van der Waals surface area contributed by atoms with Gasteiger partial charge in [-0.3, -0.25) is 4.57 Å². The summed E-state index contributed by atoms with van der Waals surface area (Å²) in [5, 5.41) is 0. The number of hydrogen-bond acceptors (Lipinski definition) is 1. The van der Waals surface area contributed by atoms with Crippen molar-refractivity contribution in [1.29, 1.82) is 0 Å². The van der Waals surface area contributed by atoms with Gasteiger partial charge in [-0.2, -0.15) is 0 Å². The number of benzene rings is 2. The highest BCUT2D eigenvalue weighted by Crippen LogP contribution is 2.26. The molecule has 102 valence electrons. The molecule has 0 saturated heterocycles. The summed E-state index contributed by atoms with van der Waals surface area (Å²) in [6.07, 6.45) is 0.988. The molecule has 0 unspecified atom stereocenters. The van der Waals surface area contributed by atoms with Crippen LogP contribution < -0.4 is 0 Å². The summed E-state index contributed by atoms with van der Waals surface area (Å²) >= 11 is 8.41. The molecule has 3 aromatic rings. The van der Waals surface area contributed by atoms with Crippen LogP contribution in [0.3, 0.4) is 0 Å². The fourth-order valence-electron chi connectivity index (χ4n) is 2.49. The van der Waals surface area contributed by atoms with E-state index in [9.17, 15) is 0 Å². The summed E-state index contributed by atoms with van der Waals surface area (Å²) in [6, 6.07) is 14.7. The molecular weight excluding hydrogens is 383 g/mol. The predicted molar refractivity (Wildman–Crippen MR) is 92.7 cm³/mol. The van der Waals surface area contributed by atoms with Crippen molar-refractivity contribution < 1.29 is 0 Å². The van der Waals surface area contributed by atoms with E-state index in [1.54, 1.807) is 0 Å². The molecule has 0 aliphatic heterocycles. The van der Waals surface area contributed by atoms with Gasteiger partial charge in [0.05, 0.1) is 22.6 Å². The van der Waals surface area contributed by atoms with Gasteiger partial charge in [-0.05, 0) is 58.8 Å². The number of alkyl halides is 1. The van der Waals surface area contributed by atoms with Crippen molar-refractivity contribution >= 4 is 45.2 Å². The van der Waals surface area contributed by atoms with E-state index >= 15 is 0 Å². The van der Waals surface area contributed by atoms with Gasteiger partial charge in [0.2, 0.25) is 0 Å². The Kier molecular flexibility index (Phi) is 3.98. The van der Waals surface area contributed by atoms with Gasteiger partial charge in [0, 0.05) is 3.57 Å². The van der Waals surface area contributed by atoms with Gasteiger partial charge in [0.25, 0.3) is 0 Å². The molecule has 0 bridgehead atoms. The van der Waals surface area contributed by atoms with E-state index in [-0.39, 0.29) is 0 Å². The monoisotopic (exact) mass is 396 g/mol. The Labute approximate surface area is 136 Å². The number of imidazole rings is 1. The Morgan fingerprint density at radius 1 is 1.20 bits per heavy atom. The first kappa shape index (κ1) is 13.9. The van der Waals surface area contributed by atoms with E-state index in [0.717, 1.165) is 23.3 Å². The smallest absolute Gasteiger partial charge is 0.129 e. The number of halogens is 2. The van der Waals surface area contributed by atoms with Gasteiger partial charge < -0.3 is 0 Å². The molecule has 0 spiro atoms. The number of fused-ring (bicyclic) bond motifs is 1. The molecule has 0 saturated carbocycles. The second-order valence-electron chi connectivity index (χ2n) is 4.61. The van der Waals surface area contributed by atoms with Gasteiger partial charge in [0.15, 0.2) is 0 Å². The minimum atomic E-state index is 0.406. The fourth-order valence-corrected chi connectivity index (χ4v) is 3.14. The van der Waals surface area contributed by atoms with E-state index < -0.39 is 0 Å². The molecule has 0 aliphatic rings. The Bertz CT molecular complexity index is 764. The van der Waals surface area contributed by atoms with E-state index in [1.807, 2.05) is 0 Å². The van der Waals surface area contributed by atoms with Crippen molar-refractivity contribution in [3.8, 4) is 5.69 Å². The van der Waals surface area contributed by atoms with Gasteiger partial charge in [-0.25, -0.2) is 4.98 Å². The lowest BCUT2D eigenvalue weighted by atomic mass is 10.1. The predicted octanol–water partition coefficient (Wildman–Crippen LogP) is 4.93. The number of aryl methyl sites for hydroxylation is 1. The molecule has 2 nitrogen and oxygen atoms in total. The third-order valence-corrected chi connectivity index (χ3v) is 4.33. The van der Waals surface area contributed by atoms with Crippen LogP contribution in [0.15, 0.2) is 42.5 Å². The van der Waals surface area contributed by atoms with Crippen LogP contribution in [0.2, 0.25) is 0 Å². The SMILES string of the molecule is CCc1ccccc1-n1c(CCl)nc2cc(I)ccc21. The first-order valence-electron chi connectivity index (χ1n) is 6.55. The van der Waals surface area contributed by atoms with Crippen molar-refractivity contribution in [2.45, 2.75) is 19.2 Å². The maximum absolute atomic E-state index is 6.10. The van der Waals surface area contributed by atoms with Crippen molar-refractivity contribution in [3.05, 3.63) is 57.4 Å². The first-order chi connectivity index (χ1) is 9.74. The van der Waals surface area contributed by atoms with Crippen molar-refractivity contribution in [3.63, 3.8) is 0 Å². The second kappa shape index (κ2) is 5.74. The lowest BCUT2D eigenvalue weighted by Crippen LogP contribution is -2.02. The standard InChI is InChI=1S/C16H14ClIN2/c1-2-11-5-3-4-6-14(11)20-15-8-7-12(18)9-13(15)19-16(20)10-17/h3-9H,2,10H2,1H3. The van der Waals surface area contributed by atoms with Crippen LogP contribution in [-0.2, 0) is 12.3 Å². The van der Waals surface area contributed by atoms with Crippen LogP contribution >= 0.6 is 34.2 Å². The third kappa shape index (κ3) is 2.33. The second-order valence-corrected chi connectivity index (χ2v) is 6.13. The zero-order valence-corrected chi connectivity index (χ0v) is 14.0. The topological polar surface area (TPSA) is 17.8 Å². The molecule has 1 aromatic heterocycles. The summed E-state index contributed by atoms with van der Waals surface area (Å²) in [4.78, 5) is 4.67. The molecule has 0 aliphatic carbocycles. The minimum Gasteiger partial charge on any atom is -0.295 e. The van der Waals surface area contributed by atoms with Crippen LogP contribution in [0.25, 0.3) is 16.7 Å². The first-order valence-corrected chi connectivity index (χ1v) is 8.17. The molecule has 0 atom stereocenters. The summed E-state index contributed by atoms with van der Waals surface area (Å²) < 4.78 is 3.36. The van der Waals surface area contributed by atoms with Crippen LogP contribution in [0.4, 0.5) is 0 Å². The molecule has 4 heteroatoms. The molecule has 0 fully saturated rings. The van der Waals surface area contributed by atoms with E-state index in [2.05, 4.69) is 81.5 Å². The molecule has 0 N–H and O–H groups in total. The highest BCUT2D eigenvalue weighted by molar-refractivity contribution is 14.1. The Hall–Kier alpha value is -1.07.